The molecule has 1 saturated carbocycles. The Bertz CT molecular complexity index is 312. The van der Waals surface area contributed by atoms with E-state index < -0.39 is 11.9 Å². The van der Waals surface area contributed by atoms with Gasteiger partial charge >= 0.3 is 12.0 Å². The molecule has 20 heavy (non-hydrogen) atoms. The summed E-state index contributed by atoms with van der Waals surface area (Å²) in [6.07, 6.45) is 7.56. The van der Waals surface area contributed by atoms with Crippen LogP contribution in [0.25, 0.3) is 0 Å². The Hall–Kier alpha value is -1.26. The molecule has 0 aromatic carbocycles. The highest BCUT2D eigenvalue weighted by Crippen LogP contribution is 2.28. The molecular formula is C15H28N2O3. The van der Waals surface area contributed by atoms with Crippen LogP contribution in [0.2, 0.25) is 0 Å². The third-order valence-corrected chi connectivity index (χ3v) is 4.15. The summed E-state index contributed by atoms with van der Waals surface area (Å²) in [5.74, 6) is -0.534. The number of carbonyl (C=O) groups is 2. The number of nitrogens with one attached hydrogen (secondary N) is 2. The topological polar surface area (TPSA) is 78.4 Å². The number of carboxylic acid groups (broad SMARTS) is 1. The van der Waals surface area contributed by atoms with Gasteiger partial charge in [0.05, 0.1) is 5.92 Å². The minimum atomic E-state index is -0.860. The summed E-state index contributed by atoms with van der Waals surface area (Å²) in [6, 6.07) is -0.261. The van der Waals surface area contributed by atoms with Crippen LogP contribution in [0.1, 0.15) is 52.4 Å². The van der Waals surface area contributed by atoms with E-state index in [4.69, 9.17) is 5.11 Å². The van der Waals surface area contributed by atoms with Gasteiger partial charge in [-0.2, -0.15) is 0 Å². The van der Waals surface area contributed by atoms with Crippen molar-refractivity contribution < 1.29 is 14.7 Å². The maximum atomic E-state index is 11.6. The molecule has 0 saturated heterocycles. The van der Waals surface area contributed by atoms with Crippen molar-refractivity contribution in [1.29, 1.82) is 0 Å². The molecule has 1 aliphatic carbocycles. The smallest absolute Gasteiger partial charge is 0.314 e. The Kier molecular flexibility index (Phi) is 7.41. The van der Waals surface area contributed by atoms with E-state index in [1.54, 1.807) is 0 Å². The maximum absolute atomic E-state index is 11.6. The van der Waals surface area contributed by atoms with Crippen LogP contribution >= 0.6 is 0 Å². The van der Waals surface area contributed by atoms with E-state index in [0.29, 0.717) is 6.54 Å². The third kappa shape index (κ3) is 6.26. The molecule has 2 amide bonds. The lowest BCUT2D eigenvalue weighted by molar-refractivity contribution is -0.142. The second-order valence-electron chi connectivity index (χ2n) is 6.12. The molecule has 5 nitrogen and oxygen atoms in total. The Labute approximate surface area is 121 Å². The predicted octanol–water partition coefficient (Wildman–Crippen LogP) is 2.61. The van der Waals surface area contributed by atoms with Crippen molar-refractivity contribution in [1.82, 2.24) is 10.6 Å². The minimum absolute atomic E-state index is 0.00941. The normalized spacial score (nSPS) is 17.1. The molecule has 1 aliphatic rings. The highest BCUT2D eigenvalue weighted by Gasteiger charge is 2.21. The number of urea groups is 1. The van der Waals surface area contributed by atoms with Crippen LogP contribution in [-0.4, -0.2) is 30.2 Å². The highest BCUT2D eigenvalue weighted by molar-refractivity contribution is 5.75. The Morgan fingerprint density at radius 2 is 1.85 bits per heavy atom. The first-order valence-electron chi connectivity index (χ1n) is 7.75. The van der Waals surface area contributed by atoms with E-state index in [0.717, 1.165) is 12.3 Å². The zero-order valence-corrected chi connectivity index (χ0v) is 12.7. The van der Waals surface area contributed by atoms with E-state index in [2.05, 4.69) is 10.6 Å². The molecule has 5 heteroatoms. The second-order valence-corrected chi connectivity index (χ2v) is 6.12. The van der Waals surface area contributed by atoms with Crippen molar-refractivity contribution in [3.8, 4) is 0 Å². The molecule has 116 valence electrons. The molecule has 1 rings (SSSR count). The summed E-state index contributed by atoms with van der Waals surface area (Å²) in [7, 11) is 0. The van der Waals surface area contributed by atoms with Crippen molar-refractivity contribution in [3.05, 3.63) is 0 Å². The number of aliphatic carboxylic acids is 1. The number of carbonyl (C=O) groups excluding carboxylic acids is 1. The number of amides is 2. The fraction of sp³-hybridized carbons (Fsp3) is 0.867. The SMILES string of the molecule is CC(C)C(CNC(=O)NCCCC1CCCC1)C(=O)O. The van der Waals surface area contributed by atoms with Gasteiger partial charge in [-0.1, -0.05) is 39.5 Å². The summed E-state index contributed by atoms with van der Waals surface area (Å²) in [6.45, 7) is 4.54. The highest BCUT2D eigenvalue weighted by atomic mass is 16.4. The number of carboxylic acids is 1. The summed E-state index contributed by atoms with van der Waals surface area (Å²) in [5, 5.41) is 14.5. The van der Waals surface area contributed by atoms with Crippen molar-refractivity contribution in [2.75, 3.05) is 13.1 Å². The zero-order chi connectivity index (χ0) is 15.0. The van der Waals surface area contributed by atoms with Gasteiger partial charge in [-0.3, -0.25) is 4.79 Å². The first-order chi connectivity index (χ1) is 9.50. The Morgan fingerprint density at radius 1 is 1.20 bits per heavy atom. The van der Waals surface area contributed by atoms with Crippen LogP contribution in [0.3, 0.4) is 0 Å². The monoisotopic (exact) mass is 284 g/mol. The molecule has 0 aliphatic heterocycles. The Morgan fingerprint density at radius 3 is 2.40 bits per heavy atom. The van der Waals surface area contributed by atoms with Crippen LogP contribution in [0.4, 0.5) is 4.79 Å². The summed E-state index contributed by atoms with van der Waals surface area (Å²) < 4.78 is 0. The first kappa shape index (κ1) is 16.8. The molecule has 0 heterocycles. The molecule has 1 fully saturated rings. The van der Waals surface area contributed by atoms with Crippen molar-refractivity contribution in [2.24, 2.45) is 17.8 Å². The quantitative estimate of drug-likeness (QED) is 0.599. The van der Waals surface area contributed by atoms with Crippen molar-refractivity contribution in [2.45, 2.75) is 52.4 Å². The van der Waals surface area contributed by atoms with Gasteiger partial charge in [-0.25, -0.2) is 4.79 Å². The van der Waals surface area contributed by atoms with Crippen LogP contribution in [-0.2, 0) is 4.79 Å². The standard InChI is InChI=1S/C15H28N2O3/c1-11(2)13(14(18)19)10-17-15(20)16-9-5-8-12-6-3-4-7-12/h11-13H,3-10H2,1-2H3,(H,18,19)(H2,16,17,20). The lowest BCUT2D eigenvalue weighted by Crippen LogP contribution is -2.41. The molecule has 0 bridgehead atoms. The van der Waals surface area contributed by atoms with E-state index in [1.807, 2.05) is 13.8 Å². The van der Waals surface area contributed by atoms with E-state index in [-0.39, 0.29) is 18.5 Å². The molecule has 1 unspecified atom stereocenters. The zero-order valence-electron chi connectivity index (χ0n) is 12.7. The molecular weight excluding hydrogens is 256 g/mol. The van der Waals surface area contributed by atoms with Gasteiger partial charge in [0.15, 0.2) is 0 Å². The van der Waals surface area contributed by atoms with Gasteiger partial charge in [-0.05, 0) is 24.7 Å². The van der Waals surface area contributed by atoms with Gasteiger partial charge in [0.25, 0.3) is 0 Å². The van der Waals surface area contributed by atoms with Crippen molar-refractivity contribution in [3.63, 3.8) is 0 Å². The number of rotatable bonds is 8. The fourth-order valence-electron chi connectivity index (χ4n) is 2.77. The molecule has 0 radical (unpaired) electrons. The van der Waals surface area contributed by atoms with Crippen LogP contribution in [0.15, 0.2) is 0 Å². The Balaban J connectivity index is 2.08. The average Bonchev–Trinajstić information content (AvgIpc) is 2.87. The minimum Gasteiger partial charge on any atom is -0.481 e. The van der Waals surface area contributed by atoms with Crippen LogP contribution < -0.4 is 10.6 Å². The second kappa shape index (κ2) is 8.82. The van der Waals surface area contributed by atoms with Gasteiger partial charge < -0.3 is 15.7 Å². The van der Waals surface area contributed by atoms with Gasteiger partial charge in [0.2, 0.25) is 0 Å². The first-order valence-corrected chi connectivity index (χ1v) is 7.75. The molecule has 0 aromatic rings. The summed E-state index contributed by atoms with van der Waals surface area (Å²) in [5.41, 5.74) is 0. The van der Waals surface area contributed by atoms with Gasteiger partial charge in [0.1, 0.15) is 0 Å². The lowest BCUT2D eigenvalue weighted by Gasteiger charge is -2.17. The van der Waals surface area contributed by atoms with Crippen LogP contribution in [0, 0.1) is 17.8 Å². The van der Waals surface area contributed by atoms with Crippen LogP contribution in [0.5, 0.6) is 0 Å². The lowest BCUT2D eigenvalue weighted by atomic mass is 9.96. The van der Waals surface area contributed by atoms with E-state index >= 15 is 0 Å². The van der Waals surface area contributed by atoms with E-state index in [9.17, 15) is 9.59 Å². The third-order valence-electron chi connectivity index (χ3n) is 4.15. The van der Waals surface area contributed by atoms with Crippen molar-refractivity contribution >= 4 is 12.0 Å². The molecule has 0 aromatic heterocycles. The largest absolute Gasteiger partial charge is 0.481 e. The molecule has 3 N–H and O–H groups in total. The maximum Gasteiger partial charge on any atom is 0.314 e. The predicted molar refractivity (Wildman–Crippen MR) is 78.6 cm³/mol. The number of hydrogen-bond acceptors (Lipinski definition) is 2. The molecule has 1 atom stereocenters. The van der Waals surface area contributed by atoms with Gasteiger partial charge in [0, 0.05) is 13.1 Å². The molecule has 0 spiro atoms. The average molecular weight is 284 g/mol. The van der Waals surface area contributed by atoms with Gasteiger partial charge in [-0.15, -0.1) is 0 Å². The summed E-state index contributed by atoms with van der Waals surface area (Å²) in [4.78, 5) is 22.6. The summed E-state index contributed by atoms with van der Waals surface area (Å²) >= 11 is 0. The number of hydrogen-bond donors (Lipinski definition) is 3. The fourth-order valence-corrected chi connectivity index (χ4v) is 2.77. The van der Waals surface area contributed by atoms with E-state index in [1.165, 1.54) is 32.1 Å².